The third-order valence-electron chi connectivity index (χ3n) is 3.48. The first-order valence-electron chi connectivity index (χ1n) is 8.16. The van der Waals surface area contributed by atoms with E-state index < -0.39 is 0 Å². The highest BCUT2D eigenvalue weighted by Gasteiger charge is 2.00. The van der Waals surface area contributed by atoms with Crippen molar-refractivity contribution in [2.24, 2.45) is 4.99 Å². The molecule has 0 aliphatic carbocycles. The van der Waals surface area contributed by atoms with Gasteiger partial charge in [0.15, 0.2) is 5.96 Å². The first-order chi connectivity index (χ1) is 11.2. The lowest BCUT2D eigenvalue weighted by molar-refractivity contribution is 0.794. The number of benzene rings is 1. The Morgan fingerprint density at radius 2 is 1.88 bits per heavy atom. The molecule has 0 aliphatic heterocycles. The van der Waals surface area contributed by atoms with Crippen molar-refractivity contribution in [1.82, 2.24) is 15.6 Å². The maximum atomic E-state index is 4.62. The standard InChI is InChI=1S/C18H26N4S.HI/c1-4-19-18(21-12-10-17-13-23-15(3)22-17)20-11-9-16-7-5-14(2)6-8-16;/h5-8,13H,4,9-12H2,1-3H3,(H2,19,20,21);1H. The van der Waals surface area contributed by atoms with Gasteiger partial charge in [-0.05, 0) is 32.8 Å². The Bertz CT molecular complexity index is 622. The minimum absolute atomic E-state index is 0. The maximum Gasteiger partial charge on any atom is 0.191 e. The van der Waals surface area contributed by atoms with Gasteiger partial charge in [0.25, 0.3) is 0 Å². The number of thiazole rings is 1. The molecule has 6 heteroatoms. The van der Waals surface area contributed by atoms with Crippen molar-refractivity contribution in [2.75, 3.05) is 19.6 Å². The minimum atomic E-state index is 0. The number of nitrogens with one attached hydrogen (secondary N) is 2. The van der Waals surface area contributed by atoms with Gasteiger partial charge in [0, 0.05) is 31.4 Å². The molecule has 0 spiro atoms. The van der Waals surface area contributed by atoms with Crippen molar-refractivity contribution in [3.8, 4) is 0 Å². The molecule has 2 aromatic rings. The lowest BCUT2D eigenvalue weighted by Crippen LogP contribution is -2.38. The molecule has 0 radical (unpaired) electrons. The van der Waals surface area contributed by atoms with Gasteiger partial charge in [-0.25, -0.2) is 4.98 Å². The van der Waals surface area contributed by atoms with E-state index in [4.69, 9.17) is 0 Å². The molecule has 1 heterocycles. The van der Waals surface area contributed by atoms with Crippen LogP contribution in [0.4, 0.5) is 0 Å². The van der Waals surface area contributed by atoms with Crippen molar-refractivity contribution in [3.05, 3.63) is 51.5 Å². The normalized spacial score (nSPS) is 11.0. The fourth-order valence-corrected chi connectivity index (χ4v) is 2.87. The van der Waals surface area contributed by atoms with E-state index in [0.717, 1.165) is 49.1 Å². The van der Waals surface area contributed by atoms with Gasteiger partial charge >= 0.3 is 0 Å². The number of guanidine groups is 1. The van der Waals surface area contributed by atoms with Crippen molar-refractivity contribution < 1.29 is 0 Å². The number of aliphatic imine (C=N–C) groups is 1. The van der Waals surface area contributed by atoms with Gasteiger partial charge in [0.05, 0.1) is 10.7 Å². The molecular formula is C18H27IN4S. The molecule has 0 aliphatic rings. The fraction of sp³-hybridized carbons (Fsp3) is 0.444. The number of nitrogens with zero attached hydrogens (tertiary/aromatic N) is 2. The Hall–Kier alpha value is -1.15. The summed E-state index contributed by atoms with van der Waals surface area (Å²) in [6.45, 7) is 8.73. The third-order valence-corrected chi connectivity index (χ3v) is 4.30. The van der Waals surface area contributed by atoms with Crippen molar-refractivity contribution >= 4 is 41.3 Å². The third kappa shape index (κ3) is 7.61. The van der Waals surface area contributed by atoms with Crippen LogP contribution in [0.15, 0.2) is 34.6 Å². The summed E-state index contributed by atoms with van der Waals surface area (Å²) < 4.78 is 0. The van der Waals surface area contributed by atoms with Crippen LogP contribution in [0.2, 0.25) is 0 Å². The quantitative estimate of drug-likeness (QED) is 0.378. The summed E-state index contributed by atoms with van der Waals surface area (Å²) in [7, 11) is 0. The second-order valence-electron chi connectivity index (χ2n) is 5.53. The molecule has 0 amide bonds. The van der Waals surface area contributed by atoms with Crippen molar-refractivity contribution in [3.63, 3.8) is 0 Å². The molecule has 0 saturated heterocycles. The Kier molecular flexibility index (Phi) is 9.94. The Balaban J connectivity index is 0.00000288. The van der Waals surface area contributed by atoms with Crippen LogP contribution < -0.4 is 10.6 Å². The van der Waals surface area contributed by atoms with E-state index >= 15 is 0 Å². The van der Waals surface area contributed by atoms with Crippen LogP contribution in [-0.4, -0.2) is 30.6 Å². The molecule has 1 aromatic carbocycles. The molecule has 24 heavy (non-hydrogen) atoms. The zero-order valence-electron chi connectivity index (χ0n) is 14.6. The summed E-state index contributed by atoms with van der Waals surface area (Å²) in [4.78, 5) is 9.09. The van der Waals surface area contributed by atoms with Crippen molar-refractivity contribution in [1.29, 1.82) is 0 Å². The summed E-state index contributed by atoms with van der Waals surface area (Å²) in [6.07, 6.45) is 1.88. The zero-order chi connectivity index (χ0) is 16.5. The molecule has 2 N–H and O–H groups in total. The summed E-state index contributed by atoms with van der Waals surface area (Å²) in [6, 6.07) is 8.69. The van der Waals surface area contributed by atoms with E-state index in [0.29, 0.717) is 0 Å². The van der Waals surface area contributed by atoms with E-state index in [1.807, 2.05) is 6.92 Å². The largest absolute Gasteiger partial charge is 0.357 e. The average Bonchev–Trinajstić information content (AvgIpc) is 2.95. The molecule has 0 fully saturated rings. The maximum absolute atomic E-state index is 4.62. The zero-order valence-corrected chi connectivity index (χ0v) is 17.8. The number of aryl methyl sites for hydroxylation is 2. The lowest BCUT2D eigenvalue weighted by Gasteiger charge is -2.11. The van der Waals surface area contributed by atoms with Crippen LogP contribution in [0, 0.1) is 13.8 Å². The number of hydrogen-bond acceptors (Lipinski definition) is 3. The van der Waals surface area contributed by atoms with Gasteiger partial charge in [-0.3, -0.25) is 4.99 Å². The molecule has 0 atom stereocenters. The topological polar surface area (TPSA) is 49.3 Å². The van der Waals surface area contributed by atoms with Gasteiger partial charge in [-0.1, -0.05) is 29.8 Å². The van der Waals surface area contributed by atoms with E-state index in [1.165, 1.54) is 11.1 Å². The van der Waals surface area contributed by atoms with Gasteiger partial charge in [0.1, 0.15) is 0 Å². The van der Waals surface area contributed by atoms with Crippen LogP contribution >= 0.6 is 35.3 Å². The predicted molar refractivity (Wildman–Crippen MR) is 115 cm³/mol. The Morgan fingerprint density at radius 1 is 1.12 bits per heavy atom. The van der Waals surface area contributed by atoms with Crippen LogP contribution in [0.25, 0.3) is 0 Å². The fourth-order valence-electron chi connectivity index (χ4n) is 2.23. The minimum Gasteiger partial charge on any atom is -0.357 e. The smallest absolute Gasteiger partial charge is 0.191 e. The summed E-state index contributed by atoms with van der Waals surface area (Å²) in [5, 5.41) is 9.92. The highest BCUT2D eigenvalue weighted by molar-refractivity contribution is 14.0. The molecule has 2 rings (SSSR count). The number of hydrogen-bond donors (Lipinski definition) is 2. The van der Waals surface area contributed by atoms with Gasteiger partial charge in [0.2, 0.25) is 0 Å². The lowest BCUT2D eigenvalue weighted by atomic mass is 10.1. The van der Waals surface area contributed by atoms with Crippen LogP contribution in [0.3, 0.4) is 0 Å². The molecule has 0 unspecified atom stereocenters. The highest BCUT2D eigenvalue weighted by Crippen LogP contribution is 2.08. The second kappa shape index (κ2) is 11.4. The summed E-state index contributed by atoms with van der Waals surface area (Å²) in [5.41, 5.74) is 3.78. The van der Waals surface area contributed by atoms with Gasteiger partial charge in [-0.15, -0.1) is 35.3 Å². The average molecular weight is 458 g/mol. The number of halogens is 1. The molecule has 4 nitrogen and oxygen atoms in total. The van der Waals surface area contributed by atoms with Crippen LogP contribution in [0.5, 0.6) is 0 Å². The van der Waals surface area contributed by atoms with Crippen LogP contribution in [0.1, 0.15) is 28.8 Å². The van der Waals surface area contributed by atoms with Crippen LogP contribution in [-0.2, 0) is 12.8 Å². The molecule has 132 valence electrons. The van der Waals surface area contributed by atoms with Crippen molar-refractivity contribution in [2.45, 2.75) is 33.6 Å². The van der Waals surface area contributed by atoms with E-state index in [2.05, 4.69) is 64.1 Å². The number of aromatic nitrogens is 1. The Morgan fingerprint density at radius 3 is 2.50 bits per heavy atom. The Labute approximate surface area is 166 Å². The van der Waals surface area contributed by atoms with Gasteiger partial charge in [-0.2, -0.15) is 0 Å². The molecule has 0 saturated carbocycles. The molecule has 1 aromatic heterocycles. The summed E-state index contributed by atoms with van der Waals surface area (Å²) >= 11 is 1.70. The molecule has 0 bridgehead atoms. The monoisotopic (exact) mass is 458 g/mol. The summed E-state index contributed by atoms with van der Waals surface area (Å²) in [5.74, 6) is 0.881. The first kappa shape index (κ1) is 20.9. The van der Waals surface area contributed by atoms with E-state index in [1.54, 1.807) is 11.3 Å². The highest BCUT2D eigenvalue weighted by atomic mass is 127. The SMILES string of the molecule is CCNC(=NCCc1csc(C)n1)NCCc1ccc(C)cc1.I. The van der Waals surface area contributed by atoms with E-state index in [9.17, 15) is 0 Å². The second-order valence-corrected chi connectivity index (χ2v) is 6.59. The molecular weight excluding hydrogens is 431 g/mol. The predicted octanol–water partition coefficient (Wildman–Crippen LogP) is 3.72. The van der Waals surface area contributed by atoms with Gasteiger partial charge < -0.3 is 10.6 Å². The number of rotatable bonds is 7. The first-order valence-corrected chi connectivity index (χ1v) is 9.04. The van der Waals surface area contributed by atoms with E-state index in [-0.39, 0.29) is 24.0 Å².